The van der Waals surface area contributed by atoms with E-state index >= 15 is 0 Å². The second-order valence-corrected chi connectivity index (χ2v) is 6.26. The maximum atomic E-state index is 12.5. The molecule has 5 heteroatoms. The number of hydrogen-bond acceptors (Lipinski definition) is 3. The van der Waals surface area contributed by atoms with E-state index in [0.29, 0.717) is 10.7 Å². The zero-order valence-corrected chi connectivity index (χ0v) is 13.2. The smallest absolute Gasteiger partial charge is 0.251 e. The number of aliphatic hydroxyl groups is 1. The number of hydrogen-bond donors (Lipinski definition) is 2. The molecule has 1 aliphatic carbocycles. The van der Waals surface area contributed by atoms with E-state index in [2.05, 4.69) is 17.2 Å². The van der Waals surface area contributed by atoms with Crippen molar-refractivity contribution in [2.24, 2.45) is 0 Å². The highest BCUT2D eigenvalue weighted by Gasteiger charge is 2.33. The van der Waals surface area contributed by atoms with Crippen molar-refractivity contribution in [3.63, 3.8) is 0 Å². The third kappa shape index (κ3) is 4.17. The summed E-state index contributed by atoms with van der Waals surface area (Å²) < 4.78 is 0. The second kappa shape index (κ2) is 7.23. The van der Waals surface area contributed by atoms with Gasteiger partial charge in [0.1, 0.15) is 5.15 Å². The van der Waals surface area contributed by atoms with Crippen LogP contribution in [0.3, 0.4) is 0 Å². The minimum absolute atomic E-state index is 0.0145. The van der Waals surface area contributed by atoms with Crippen LogP contribution in [-0.2, 0) is 6.42 Å². The van der Waals surface area contributed by atoms with E-state index in [1.54, 1.807) is 12.1 Å². The molecule has 116 valence electrons. The molecular weight excluding hydrogens is 288 g/mol. The minimum Gasteiger partial charge on any atom is -0.394 e. The molecule has 1 fully saturated rings. The lowest BCUT2D eigenvalue weighted by Crippen LogP contribution is -2.52. The summed E-state index contributed by atoms with van der Waals surface area (Å²) in [5.41, 5.74) is 0.879. The Hall–Kier alpha value is -1.13. The molecule has 4 nitrogen and oxygen atoms in total. The first kappa shape index (κ1) is 16.2. The van der Waals surface area contributed by atoms with Gasteiger partial charge >= 0.3 is 0 Å². The topological polar surface area (TPSA) is 62.2 Å². The molecule has 0 saturated heterocycles. The van der Waals surface area contributed by atoms with E-state index in [1.807, 2.05) is 0 Å². The van der Waals surface area contributed by atoms with Gasteiger partial charge in [0.25, 0.3) is 5.91 Å². The Morgan fingerprint density at radius 3 is 2.71 bits per heavy atom. The van der Waals surface area contributed by atoms with Gasteiger partial charge in [-0.2, -0.15) is 0 Å². The molecule has 0 radical (unpaired) electrons. The standard InChI is InChI=1S/C16H23ClN2O2/c1-2-6-13-9-12(10-14(17)18-13)15(21)19-16(11-20)7-4-3-5-8-16/h9-10,20H,2-8,11H2,1H3,(H,19,21). The van der Waals surface area contributed by atoms with Crippen LogP contribution in [0.4, 0.5) is 0 Å². The Balaban J connectivity index is 2.15. The number of nitrogens with zero attached hydrogens (tertiary/aromatic N) is 1. The van der Waals surface area contributed by atoms with E-state index in [9.17, 15) is 9.90 Å². The van der Waals surface area contributed by atoms with Crippen molar-refractivity contribution in [3.05, 3.63) is 28.5 Å². The van der Waals surface area contributed by atoms with Crippen molar-refractivity contribution >= 4 is 17.5 Å². The molecule has 2 rings (SSSR count). The van der Waals surface area contributed by atoms with Crippen LogP contribution in [0, 0.1) is 0 Å². The minimum atomic E-state index is -0.476. The second-order valence-electron chi connectivity index (χ2n) is 5.87. The third-order valence-electron chi connectivity index (χ3n) is 4.11. The number of aliphatic hydroxyl groups excluding tert-OH is 1. The Morgan fingerprint density at radius 1 is 1.38 bits per heavy atom. The molecule has 0 aliphatic heterocycles. The number of carbonyl (C=O) groups excluding carboxylic acids is 1. The SMILES string of the molecule is CCCc1cc(C(=O)NC2(CO)CCCCC2)cc(Cl)n1. The number of aryl methyl sites for hydroxylation is 1. The molecule has 1 heterocycles. The zero-order valence-electron chi connectivity index (χ0n) is 12.5. The summed E-state index contributed by atoms with van der Waals surface area (Å²) in [7, 11) is 0. The Morgan fingerprint density at radius 2 is 2.10 bits per heavy atom. The van der Waals surface area contributed by atoms with E-state index in [-0.39, 0.29) is 12.5 Å². The summed E-state index contributed by atoms with van der Waals surface area (Å²) in [5, 5.41) is 13.0. The molecule has 1 aromatic heterocycles. The molecular formula is C16H23ClN2O2. The molecule has 0 bridgehead atoms. The van der Waals surface area contributed by atoms with Gasteiger partial charge < -0.3 is 10.4 Å². The molecule has 1 aliphatic rings. The lowest BCUT2D eigenvalue weighted by atomic mass is 9.82. The lowest BCUT2D eigenvalue weighted by molar-refractivity contribution is 0.0758. The number of pyridine rings is 1. The fourth-order valence-corrected chi connectivity index (χ4v) is 3.16. The largest absolute Gasteiger partial charge is 0.394 e. The van der Waals surface area contributed by atoms with Crippen molar-refractivity contribution in [1.29, 1.82) is 0 Å². The summed E-state index contributed by atoms with van der Waals surface area (Å²) in [6.07, 6.45) is 6.66. The highest BCUT2D eigenvalue weighted by molar-refractivity contribution is 6.29. The molecule has 0 atom stereocenters. The van der Waals surface area contributed by atoms with Crippen LogP contribution in [0.1, 0.15) is 61.5 Å². The van der Waals surface area contributed by atoms with Gasteiger partial charge in [0.15, 0.2) is 0 Å². The predicted octanol–water partition coefficient (Wildman–Crippen LogP) is 3.11. The Labute approximate surface area is 130 Å². The average Bonchev–Trinajstić information content (AvgIpc) is 2.48. The first-order valence-corrected chi connectivity index (χ1v) is 8.06. The van der Waals surface area contributed by atoms with E-state index in [0.717, 1.165) is 44.2 Å². The van der Waals surface area contributed by atoms with Crippen LogP contribution in [0.5, 0.6) is 0 Å². The molecule has 0 unspecified atom stereocenters. The summed E-state index contributed by atoms with van der Waals surface area (Å²) in [6, 6.07) is 3.38. The molecule has 2 N–H and O–H groups in total. The maximum Gasteiger partial charge on any atom is 0.251 e. The lowest BCUT2D eigenvalue weighted by Gasteiger charge is -2.36. The molecule has 1 saturated carbocycles. The Bertz CT molecular complexity index is 499. The van der Waals surface area contributed by atoms with E-state index in [4.69, 9.17) is 11.6 Å². The van der Waals surface area contributed by atoms with Gasteiger partial charge in [0.2, 0.25) is 0 Å². The quantitative estimate of drug-likeness (QED) is 0.821. The molecule has 0 aromatic carbocycles. The van der Waals surface area contributed by atoms with E-state index in [1.165, 1.54) is 6.42 Å². The monoisotopic (exact) mass is 310 g/mol. The summed E-state index contributed by atoms with van der Waals surface area (Å²) in [5.74, 6) is -0.174. The van der Waals surface area contributed by atoms with E-state index < -0.39 is 5.54 Å². The molecule has 1 aromatic rings. The van der Waals surface area contributed by atoms with Crippen LogP contribution in [0.15, 0.2) is 12.1 Å². The van der Waals surface area contributed by atoms with Crippen LogP contribution in [-0.4, -0.2) is 28.1 Å². The number of amides is 1. The van der Waals surface area contributed by atoms with Gasteiger partial charge in [-0.15, -0.1) is 0 Å². The van der Waals surface area contributed by atoms with Crippen molar-refractivity contribution < 1.29 is 9.90 Å². The summed E-state index contributed by atoms with van der Waals surface area (Å²) in [6.45, 7) is 2.05. The predicted molar refractivity (Wildman–Crippen MR) is 83.6 cm³/mol. The first-order valence-electron chi connectivity index (χ1n) is 7.68. The molecule has 1 amide bonds. The van der Waals surface area contributed by atoms with Crippen LogP contribution < -0.4 is 5.32 Å². The summed E-state index contributed by atoms with van der Waals surface area (Å²) >= 11 is 6.00. The highest BCUT2D eigenvalue weighted by Crippen LogP contribution is 2.28. The summed E-state index contributed by atoms with van der Waals surface area (Å²) in [4.78, 5) is 16.7. The van der Waals surface area contributed by atoms with Crippen LogP contribution >= 0.6 is 11.6 Å². The zero-order chi connectivity index (χ0) is 15.3. The van der Waals surface area contributed by atoms with Gasteiger partial charge in [-0.05, 0) is 31.4 Å². The normalized spacial score (nSPS) is 17.5. The fourth-order valence-electron chi connectivity index (χ4n) is 2.93. The van der Waals surface area contributed by atoms with Crippen molar-refractivity contribution in [2.75, 3.05) is 6.61 Å². The van der Waals surface area contributed by atoms with Gasteiger partial charge in [-0.1, -0.05) is 44.2 Å². The van der Waals surface area contributed by atoms with Crippen LogP contribution in [0.25, 0.3) is 0 Å². The van der Waals surface area contributed by atoms with Gasteiger partial charge in [0.05, 0.1) is 12.1 Å². The number of halogens is 1. The van der Waals surface area contributed by atoms with Gasteiger partial charge in [-0.3, -0.25) is 4.79 Å². The number of aromatic nitrogens is 1. The number of rotatable bonds is 5. The van der Waals surface area contributed by atoms with Gasteiger partial charge in [0, 0.05) is 11.3 Å². The van der Waals surface area contributed by atoms with Crippen LogP contribution in [0.2, 0.25) is 5.15 Å². The van der Waals surface area contributed by atoms with Gasteiger partial charge in [-0.25, -0.2) is 4.98 Å². The number of carbonyl (C=O) groups is 1. The molecule has 21 heavy (non-hydrogen) atoms. The van der Waals surface area contributed by atoms with Crippen molar-refractivity contribution in [3.8, 4) is 0 Å². The highest BCUT2D eigenvalue weighted by atomic mass is 35.5. The maximum absolute atomic E-state index is 12.5. The Kier molecular flexibility index (Phi) is 5.59. The first-order chi connectivity index (χ1) is 10.1. The van der Waals surface area contributed by atoms with Crippen molar-refractivity contribution in [1.82, 2.24) is 10.3 Å². The third-order valence-corrected chi connectivity index (χ3v) is 4.30. The van der Waals surface area contributed by atoms with Crippen molar-refractivity contribution in [2.45, 2.75) is 57.4 Å². The number of nitrogens with one attached hydrogen (secondary N) is 1. The molecule has 0 spiro atoms. The average molecular weight is 311 g/mol. The fraction of sp³-hybridized carbons (Fsp3) is 0.625.